The number of hydrogen-bond acceptors (Lipinski definition) is 4. The van der Waals surface area contributed by atoms with Crippen LogP contribution in [0.2, 0.25) is 0 Å². The highest BCUT2D eigenvalue weighted by Gasteiger charge is 2.28. The van der Waals surface area contributed by atoms with E-state index in [4.69, 9.17) is 79.1 Å². The monoisotopic (exact) mass is 448 g/mol. The molecule has 0 saturated heterocycles. The molecule has 0 aliphatic carbocycles. The topological polar surface area (TPSA) is 35.5 Å². The molecule has 0 amide bonds. The van der Waals surface area contributed by atoms with E-state index in [9.17, 15) is 4.79 Å². The first-order valence-corrected chi connectivity index (χ1v) is 9.48. The summed E-state index contributed by atoms with van der Waals surface area (Å²) in [5.41, 5.74) is 1.86. The van der Waals surface area contributed by atoms with Gasteiger partial charge in [-0.15, -0.1) is 0 Å². The highest BCUT2D eigenvalue weighted by atomic mass is 35.6. The van der Waals surface area contributed by atoms with Crippen molar-refractivity contribution >= 4 is 86.5 Å². The first-order valence-electron chi connectivity index (χ1n) is 6.23. The Morgan fingerprint density at radius 3 is 2.32 bits per heavy atom. The van der Waals surface area contributed by atoms with E-state index >= 15 is 0 Å². The summed E-state index contributed by atoms with van der Waals surface area (Å²) < 4.78 is 7.16. The third kappa shape index (κ3) is 9.05. The van der Waals surface area contributed by atoms with Gasteiger partial charge in [0.2, 0.25) is 8.91 Å². The molecule has 0 N–H and O–H groups in total. The fraction of sp³-hybridized carbons (Fsp3) is 0.750. The third-order valence-electron chi connectivity index (χ3n) is 2.81. The minimum absolute atomic E-state index is 0.00487. The molecular weight excluding hydrogens is 437 g/mol. The molecule has 0 radical (unpaired) electrons. The summed E-state index contributed by atoms with van der Waals surface area (Å²) in [6.07, 6.45) is 0.552. The first kappa shape index (κ1) is 21.5. The van der Waals surface area contributed by atoms with Crippen LogP contribution in [0, 0.1) is 0 Å². The van der Waals surface area contributed by atoms with E-state index in [0.29, 0.717) is 12.8 Å². The van der Waals surface area contributed by atoms with Gasteiger partial charge in [0.15, 0.2) is 0 Å². The Bertz CT molecular complexity index is 412. The SMILES string of the molecule is CC1=C(CCC(COC(Cl)(Cl)Cl)OCC(Cl)(Cl)Cl)C(=O)SC1. The second kappa shape index (κ2) is 9.21. The second-order valence-corrected chi connectivity index (χ2v) is 10.3. The number of thioether (sulfide) groups is 1. The summed E-state index contributed by atoms with van der Waals surface area (Å²) in [6, 6.07) is 0. The van der Waals surface area contributed by atoms with Crippen LogP contribution in [0.3, 0.4) is 0 Å². The van der Waals surface area contributed by atoms with Crippen LogP contribution >= 0.6 is 81.4 Å². The molecule has 0 fully saturated rings. The zero-order chi connectivity index (χ0) is 17.0. The van der Waals surface area contributed by atoms with Gasteiger partial charge in [0.1, 0.15) is 0 Å². The molecule has 0 bridgehead atoms. The molecule has 1 aliphatic rings. The highest BCUT2D eigenvalue weighted by Crippen LogP contribution is 2.32. The van der Waals surface area contributed by atoms with Gasteiger partial charge in [-0.25, -0.2) is 0 Å². The normalized spacial score (nSPS) is 18.2. The van der Waals surface area contributed by atoms with E-state index < -0.39 is 13.9 Å². The highest BCUT2D eigenvalue weighted by molar-refractivity contribution is 8.14. The minimum atomic E-state index is -1.85. The Balaban J connectivity index is 2.57. The van der Waals surface area contributed by atoms with Gasteiger partial charge in [-0.2, -0.15) is 0 Å². The van der Waals surface area contributed by atoms with Crippen molar-refractivity contribution in [3.8, 4) is 0 Å². The van der Waals surface area contributed by atoms with Crippen molar-refractivity contribution in [1.82, 2.24) is 0 Å². The van der Waals surface area contributed by atoms with Gasteiger partial charge >= 0.3 is 0 Å². The summed E-state index contributed by atoms with van der Waals surface area (Å²) in [5.74, 6) is 0.721. The van der Waals surface area contributed by atoms with Crippen molar-refractivity contribution in [2.45, 2.75) is 33.6 Å². The number of carbonyl (C=O) groups excluding carboxylic acids is 1. The quantitative estimate of drug-likeness (QED) is 0.483. The van der Waals surface area contributed by atoms with Crippen LogP contribution < -0.4 is 0 Å². The molecule has 0 saturated carbocycles. The molecule has 22 heavy (non-hydrogen) atoms. The zero-order valence-corrected chi connectivity index (χ0v) is 16.9. The first-order chi connectivity index (χ1) is 9.98. The van der Waals surface area contributed by atoms with Crippen molar-refractivity contribution in [3.05, 3.63) is 11.1 Å². The lowest BCUT2D eigenvalue weighted by Crippen LogP contribution is -2.28. The summed E-state index contributed by atoms with van der Waals surface area (Å²) in [6.45, 7) is 1.80. The van der Waals surface area contributed by atoms with Crippen LogP contribution in [-0.4, -0.2) is 38.0 Å². The van der Waals surface area contributed by atoms with Gasteiger partial charge in [-0.1, -0.05) is 86.9 Å². The van der Waals surface area contributed by atoms with Crippen molar-refractivity contribution in [2.24, 2.45) is 0 Å². The molecule has 1 atom stereocenters. The van der Waals surface area contributed by atoms with Crippen LogP contribution in [0.5, 0.6) is 0 Å². The summed E-state index contributed by atoms with van der Waals surface area (Å²) in [5, 5.41) is 0.0833. The summed E-state index contributed by atoms with van der Waals surface area (Å²) >= 11 is 34.9. The number of ether oxygens (including phenoxy) is 2. The molecule has 1 heterocycles. The fourth-order valence-corrected chi connectivity index (χ4v) is 3.11. The van der Waals surface area contributed by atoms with E-state index in [1.165, 1.54) is 11.8 Å². The second-order valence-electron chi connectivity index (χ2n) is 4.68. The molecule has 0 aromatic carbocycles. The molecule has 10 heteroatoms. The predicted octanol–water partition coefficient (Wildman–Crippen LogP) is 5.46. The smallest absolute Gasteiger partial charge is 0.297 e. The lowest BCUT2D eigenvalue weighted by atomic mass is 10.0. The lowest BCUT2D eigenvalue weighted by molar-refractivity contribution is -0.108. The number of carbonyl (C=O) groups is 1. The molecule has 1 aliphatic heterocycles. The van der Waals surface area contributed by atoms with Gasteiger partial charge in [0.05, 0.1) is 19.3 Å². The Labute approximate surface area is 163 Å². The predicted molar refractivity (Wildman–Crippen MR) is 95.7 cm³/mol. The Kier molecular flexibility index (Phi) is 8.99. The maximum absolute atomic E-state index is 11.7. The van der Waals surface area contributed by atoms with Crippen molar-refractivity contribution in [2.75, 3.05) is 19.0 Å². The standard InChI is InChI=1S/C12H14Cl6O3S/c1-7-5-22-10(19)9(7)3-2-8(4-21-12(16,17)18)20-6-11(13,14)15/h8H,2-6H2,1H3. The van der Waals surface area contributed by atoms with E-state index in [0.717, 1.165) is 16.9 Å². The number of halogens is 6. The maximum atomic E-state index is 11.7. The van der Waals surface area contributed by atoms with Crippen LogP contribution in [0.25, 0.3) is 0 Å². The number of rotatable bonds is 7. The molecule has 1 unspecified atom stereocenters. The van der Waals surface area contributed by atoms with Crippen LogP contribution in [0.4, 0.5) is 0 Å². The number of hydrogen-bond donors (Lipinski definition) is 0. The van der Waals surface area contributed by atoms with Gasteiger partial charge in [-0.3, -0.25) is 4.79 Å². The van der Waals surface area contributed by atoms with Crippen LogP contribution in [0.15, 0.2) is 11.1 Å². The molecule has 0 aromatic heterocycles. The Morgan fingerprint density at radius 2 is 1.86 bits per heavy atom. The fourth-order valence-electron chi connectivity index (χ4n) is 1.76. The van der Waals surface area contributed by atoms with Crippen molar-refractivity contribution in [1.29, 1.82) is 0 Å². The third-order valence-corrected chi connectivity index (χ3v) is 4.55. The molecule has 0 aromatic rings. The van der Waals surface area contributed by atoms with Gasteiger partial charge in [0.25, 0.3) is 3.98 Å². The molecule has 128 valence electrons. The zero-order valence-electron chi connectivity index (χ0n) is 11.5. The summed E-state index contributed by atoms with van der Waals surface area (Å²) in [7, 11) is 0. The van der Waals surface area contributed by atoms with E-state index in [2.05, 4.69) is 0 Å². The molecule has 3 nitrogen and oxygen atoms in total. The van der Waals surface area contributed by atoms with E-state index in [-0.39, 0.29) is 18.3 Å². The van der Waals surface area contributed by atoms with E-state index in [1.807, 2.05) is 6.92 Å². The Hall–Kier alpha value is 1.42. The summed E-state index contributed by atoms with van der Waals surface area (Å²) in [4.78, 5) is 11.7. The minimum Gasteiger partial charge on any atom is -0.371 e. The lowest BCUT2D eigenvalue weighted by Gasteiger charge is -2.22. The van der Waals surface area contributed by atoms with Crippen molar-refractivity contribution < 1.29 is 14.3 Å². The van der Waals surface area contributed by atoms with Gasteiger partial charge < -0.3 is 9.47 Å². The van der Waals surface area contributed by atoms with Gasteiger partial charge in [-0.05, 0) is 19.8 Å². The average Bonchev–Trinajstić information content (AvgIpc) is 2.66. The van der Waals surface area contributed by atoms with Crippen LogP contribution in [-0.2, 0) is 14.3 Å². The average molecular weight is 451 g/mol. The van der Waals surface area contributed by atoms with Gasteiger partial charge in [0, 0.05) is 11.3 Å². The number of alkyl halides is 6. The van der Waals surface area contributed by atoms with Crippen molar-refractivity contribution in [3.63, 3.8) is 0 Å². The maximum Gasteiger partial charge on any atom is 0.297 e. The molecular formula is C12H14Cl6O3S. The Morgan fingerprint density at radius 1 is 1.23 bits per heavy atom. The van der Waals surface area contributed by atoms with E-state index in [1.54, 1.807) is 0 Å². The molecule has 1 rings (SSSR count). The van der Waals surface area contributed by atoms with Crippen LogP contribution in [0.1, 0.15) is 19.8 Å². The molecule has 0 spiro atoms. The largest absolute Gasteiger partial charge is 0.371 e.